The molecule has 0 amide bonds. The van der Waals surface area contributed by atoms with E-state index in [0.29, 0.717) is 0 Å². The van der Waals surface area contributed by atoms with E-state index in [9.17, 15) is 0 Å². The van der Waals surface area contributed by atoms with Crippen molar-refractivity contribution in [2.75, 3.05) is 0 Å². The fourth-order valence-electron chi connectivity index (χ4n) is 6.52. The second-order valence-corrected chi connectivity index (χ2v) is 11.4. The van der Waals surface area contributed by atoms with Crippen molar-refractivity contribution in [2.24, 2.45) is 0 Å². The van der Waals surface area contributed by atoms with Crippen molar-refractivity contribution in [3.8, 4) is 45.0 Å². The Balaban J connectivity index is 1.34. The number of hydrogen-bond donors (Lipinski definition) is 0. The third kappa shape index (κ3) is 4.31. The van der Waals surface area contributed by atoms with Crippen LogP contribution in [0.2, 0.25) is 0 Å². The highest BCUT2D eigenvalue weighted by Gasteiger charge is 2.18. The summed E-state index contributed by atoms with van der Waals surface area (Å²) >= 11 is 0. The van der Waals surface area contributed by atoms with Gasteiger partial charge in [-0.3, -0.25) is 4.98 Å². The van der Waals surface area contributed by atoms with Crippen LogP contribution in [-0.2, 0) is 0 Å². The van der Waals surface area contributed by atoms with Gasteiger partial charge in [0.1, 0.15) is 0 Å². The summed E-state index contributed by atoms with van der Waals surface area (Å²) in [5.74, 6) is 0. The Hall–Kier alpha value is -6.26. The van der Waals surface area contributed by atoms with E-state index in [1.54, 1.807) is 0 Å². The summed E-state index contributed by atoms with van der Waals surface area (Å²) < 4.78 is 0. The summed E-state index contributed by atoms with van der Waals surface area (Å²) in [5, 5.41) is 5.40. The van der Waals surface area contributed by atoms with E-state index in [0.717, 1.165) is 88.5 Å². The Labute approximate surface area is 265 Å². The predicted octanol–water partition coefficient (Wildman–Crippen LogP) is 10.5. The van der Waals surface area contributed by atoms with E-state index in [1.807, 2.05) is 42.6 Å². The molecule has 0 atom stereocenters. The summed E-state index contributed by atoms with van der Waals surface area (Å²) in [6, 6.07) is 52.3. The van der Waals surface area contributed by atoms with Gasteiger partial charge in [-0.1, -0.05) is 127 Å². The van der Waals surface area contributed by atoms with Gasteiger partial charge in [-0.25, -0.2) is 15.0 Å². The first-order valence-corrected chi connectivity index (χ1v) is 15.4. The van der Waals surface area contributed by atoms with Crippen LogP contribution in [0.15, 0.2) is 158 Å². The zero-order valence-electron chi connectivity index (χ0n) is 24.8. The molecular formula is C42H26N4. The molecule has 0 spiro atoms. The van der Waals surface area contributed by atoms with E-state index in [-0.39, 0.29) is 0 Å². The number of hydrogen-bond acceptors (Lipinski definition) is 4. The number of benzene rings is 5. The standard InChI is InChI=1S/C42H26N4/c1-3-11-27(12-4-1)35-24-22-29-20-21-30-23-25-37(45-41(30)40(29)44-35)32-16-10-18-34-38-31(36-19-7-8-26-43-36)15-9-17-33(38)39(46-42(32)34)28-13-5-2-6-14-28/h1-26H. The van der Waals surface area contributed by atoms with Gasteiger partial charge in [0, 0.05) is 55.4 Å². The molecule has 5 aromatic carbocycles. The summed E-state index contributed by atoms with van der Waals surface area (Å²) in [5.41, 5.74) is 10.5. The lowest BCUT2D eigenvalue weighted by Gasteiger charge is -2.16. The van der Waals surface area contributed by atoms with Gasteiger partial charge >= 0.3 is 0 Å². The van der Waals surface area contributed by atoms with Gasteiger partial charge in [-0.2, -0.15) is 0 Å². The minimum absolute atomic E-state index is 0.860. The third-order valence-corrected chi connectivity index (χ3v) is 8.70. The third-order valence-electron chi connectivity index (χ3n) is 8.70. The van der Waals surface area contributed by atoms with Gasteiger partial charge in [0.05, 0.1) is 39.3 Å². The molecule has 0 aliphatic rings. The Bertz CT molecular complexity index is 2560. The molecule has 4 heteroatoms. The minimum atomic E-state index is 0.860. The van der Waals surface area contributed by atoms with E-state index in [4.69, 9.17) is 19.9 Å². The van der Waals surface area contributed by atoms with Gasteiger partial charge in [0.25, 0.3) is 0 Å². The lowest BCUT2D eigenvalue weighted by atomic mass is 9.93. The van der Waals surface area contributed by atoms with Crippen LogP contribution in [0.4, 0.5) is 0 Å². The first-order valence-electron chi connectivity index (χ1n) is 15.4. The van der Waals surface area contributed by atoms with Crippen molar-refractivity contribution < 1.29 is 0 Å². The van der Waals surface area contributed by atoms with Crippen molar-refractivity contribution >= 4 is 43.5 Å². The summed E-state index contributed by atoms with van der Waals surface area (Å²) in [6.45, 7) is 0. The van der Waals surface area contributed by atoms with Crippen LogP contribution in [0.25, 0.3) is 88.5 Å². The van der Waals surface area contributed by atoms with Crippen molar-refractivity contribution in [3.63, 3.8) is 0 Å². The number of rotatable bonds is 4. The maximum Gasteiger partial charge on any atom is 0.0972 e. The Morgan fingerprint density at radius 1 is 0.348 bits per heavy atom. The monoisotopic (exact) mass is 586 g/mol. The molecule has 4 heterocycles. The van der Waals surface area contributed by atoms with Gasteiger partial charge in [-0.05, 0) is 24.3 Å². The molecule has 0 saturated heterocycles. The van der Waals surface area contributed by atoms with Gasteiger partial charge in [-0.15, -0.1) is 0 Å². The molecule has 214 valence electrons. The predicted molar refractivity (Wildman–Crippen MR) is 189 cm³/mol. The lowest BCUT2D eigenvalue weighted by Crippen LogP contribution is -1.96. The van der Waals surface area contributed by atoms with Crippen LogP contribution < -0.4 is 0 Å². The second kappa shape index (κ2) is 10.7. The molecule has 0 aliphatic carbocycles. The molecular weight excluding hydrogens is 560 g/mol. The van der Waals surface area contributed by atoms with Gasteiger partial charge in [0.15, 0.2) is 0 Å². The Morgan fingerprint density at radius 2 is 0.957 bits per heavy atom. The number of aromatic nitrogens is 4. The Kier molecular flexibility index (Phi) is 6.10. The van der Waals surface area contributed by atoms with Crippen molar-refractivity contribution in [2.45, 2.75) is 0 Å². The van der Waals surface area contributed by atoms with Crippen LogP contribution >= 0.6 is 0 Å². The molecule has 0 bridgehead atoms. The normalized spacial score (nSPS) is 11.5. The number of nitrogens with zero attached hydrogens (tertiary/aromatic N) is 4. The molecule has 46 heavy (non-hydrogen) atoms. The summed E-state index contributed by atoms with van der Waals surface area (Å²) in [4.78, 5) is 20.6. The molecule has 0 saturated carbocycles. The van der Waals surface area contributed by atoms with E-state index >= 15 is 0 Å². The highest BCUT2D eigenvalue weighted by atomic mass is 14.8. The zero-order chi connectivity index (χ0) is 30.5. The smallest absolute Gasteiger partial charge is 0.0972 e. The van der Waals surface area contributed by atoms with Crippen molar-refractivity contribution in [1.29, 1.82) is 0 Å². The number of pyridine rings is 4. The van der Waals surface area contributed by atoms with Crippen molar-refractivity contribution in [1.82, 2.24) is 19.9 Å². The maximum atomic E-state index is 5.40. The van der Waals surface area contributed by atoms with Crippen LogP contribution in [0.1, 0.15) is 0 Å². The molecule has 0 N–H and O–H groups in total. The molecule has 4 nitrogen and oxygen atoms in total. The fraction of sp³-hybridized carbons (Fsp3) is 0. The van der Waals surface area contributed by atoms with Gasteiger partial charge in [0.2, 0.25) is 0 Å². The van der Waals surface area contributed by atoms with Crippen LogP contribution in [0, 0.1) is 0 Å². The molecule has 9 aromatic rings. The molecule has 0 radical (unpaired) electrons. The number of fused-ring (bicyclic) bond motifs is 6. The first-order chi connectivity index (χ1) is 22.8. The van der Waals surface area contributed by atoms with E-state index in [2.05, 4.69) is 115 Å². The largest absolute Gasteiger partial charge is 0.256 e. The zero-order valence-corrected chi connectivity index (χ0v) is 24.8. The van der Waals surface area contributed by atoms with Crippen molar-refractivity contribution in [3.05, 3.63) is 158 Å². The average Bonchev–Trinajstić information content (AvgIpc) is 3.14. The highest BCUT2D eigenvalue weighted by molar-refractivity contribution is 6.19. The lowest BCUT2D eigenvalue weighted by molar-refractivity contribution is 1.33. The fourth-order valence-corrected chi connectivity index (χ4v) is 6.52. The van der Waals surface area contributed by atoms with Crippen LogP contribution in [-0.4, -0.2) is 19.9 Å². The first kappa shape index (κ1) is 26.2. The minimum Gasteiger partial charge on any atom is -0.256 e. The molecule has 9 rings (SSSR count). The quantitative estimate of drug-likeness (QED) is 0.193. The van der Waals surface area contributed by atoms with Crippen LogP contribution in [0.3, 0.4) is 0 Å². The Morgan fingerprint density at radius 3 is 1.67 bits per heavy atom. The molecule has 0 unspecified atom stereocenters. The molecule has 4 aromatic heterocycles. The SMILES string of the molecule is c1ccc(-c2ccc3ccc4ccc(-c5cccc6c5nc(-c5ccccc5)c5cccc(-c7ccccn7)c56)nc4c3n2)cc1. The topological polar surface area (TPSA) is 51.6 Å². The summed E-state index contributed by atoms with van der Waals surface area (Å²) in [6.07, 6.45) is 1.85. The average molecular weight is 587 g/mol. The second-order valence-electron chi connectivity index (χ2n) is 11.4. The van der Waals surface area contributed by atoms with Gasteiger partial charge < -0.3 is 0 Å². The number of para-hydroxylation sites is 1. The molecule has 0 aliphatic heterocycles. The summed E-state index contributed by atoms with van der Waals surface area (Å²) in [7, 11) is 0. The maximum absolute atomic E-state index is 5.40. The van der Waals surface area contributed by atoms with Crippen LogP contribution in [0.5, 0.6) is 0 Å². The molecule has 0 fully saturated rings. The highest BCUT2D eigenvalue weighted by Crippen LogP contribution is 2.41. The van der Waals surface area contributed by atoms with E-state index < -0.39 is 0 Å². The van der Waals surface area contributed by atoms with E-state index in [1.165, 1.54) is 0 Å².